The molecule has 0 saturated carbocycles. The van der Waals surface area contributed by atoms with Gasteiger partial charge in [0.15, 0.2) is 0 Å². The lowest BCUT2D eigenvalue weighted by Crippen LogP contribution is -2.04. The molecule has 24 heavy (non-hydrogen) atoms. The summed E-state index contributed by atoms with van der Waals surface area (Å²) >= 11 is 24.7. The second-order valence-electron chi connectivity index (χ2n) is 5.52. The van der Waals surface area contributed by atoms with E-state index in [9.17, 15) is 0 Å². The summed E-state index contributed by atoms with van der Waals surface area (Å²) in [6.07, 6.45) is 0.873. The van der Waals surface area contributed by atoms with Crippen molar-refractivity contribution in [3.8, 4) is 16.9 Å². The van der Waals surface area contributed by atoms with Crippen molar-refractivity contribution in [2.45, 2.75) is 6.42 Å². The van der Waals surface area contributed by atoms with E-state index in [2.05, 4.69) is 5.32 Å². The number of aromatic nitrogens is 2. The first-order chi connectivity index (χ1) is 11.5. The number of hydrogen-bond acceptors (Lipinski definition) is 2. The number of anilines is 1. The number of rotatable bonds is 2. The molecule has 1 aliphatic rings. The van der Waals surface area contributed by atoms with Gasteiger partial charge in [0.1, 0.15) is 5.82 Å². The first kappa shape index (κ1) is 16.1. The van der Waals surface area contributed by atoms with Crippen molar-refractivity contribution in [3.05, 3.63) is 62.1 Å². The van der Waals surface area contributed by atoms with Crippen LogP contribution in [0.1, 0.15) is 5.56 Å². The van der Waals surface area contributed by atoms with Crippen LogP contribution >= 0.6 is 46.4 Å². The zero-order chi connectivity index (χ0) is 16.8. The first-order valence-corrected chi connectivity index (χ1v) is 8.82. The van der Waals surface area contributed by atoms with Crippen LogP contribution in [0.2, 0.25) is 20.1 Å². The quantitative estimate of drug-likeness (QED) is 0.563. The average Bonchev–Trinajstić information content (AvgIpc) is 3.09. The van der Waals surface area contributed by atoms with E-state index >= 15 is 0 Å². The zero-order valence-electron chi connectivity index (χ0n) is 12.3. The van der Waals surface area contributed by atoms with E-state index in [1.165, 1.54) is 0 Å². The summed E-state index contributed by atoms with van der Waals surface area (Å²) in [4.78, 5) is 0. The van der Waals surface area contributed by atoms with Gasteiger partial charge in [-0.05, 0) is 42.8 Å². The fourth-order valence-electron chi connectivity index (χ4n) is 2.92. The maximum Gasteiger partial charge on any atom is 0.133 e. The maximum absolute atomic E-state index is 6.38. The van der Waals surface area contributed by atoms with Crippen molar-refractivity contribution < 1.29 is 0 Å². The molecule has 0 bridgehead atoms. The minimum Gasteiger partial charge on any atom is -0.369 e. The molecule has 4 rings (SSSR count). The van der Waals surface area contributed by atoms with Gasteiger partial charge in [-0.1, -0.05) is 46.4 Å². The molecule has 0 fully saturated rings. The first-order valence-electron chi connectivity index (χ1n) is 7.30. The van der Waals surface area contributed by atoms with Crippen LogP contribution in [-0.2, 0) is 6.42 Å². The van der Waals surface area contributed by atoms with Gasteiger partial charge in [0.2, 0.25) is 0 Å². The Morgan fingerprint density at radius 3 is 2.38 bits per heavy atom. The number of hydrogen-bond donors (Lipinski definition) is 1. The lowest BCUT2D eigenvalue weighted by molar-refractivity contribution is 0.882. The average molecular weight is 399 g/mol. The molecular formula is C17H11Cl4N3. The van der Waals surface area contributed by atoms with Gasteiger partial charge in [-0.25, -0.2) is 4.68 Å². The van der Waals surface area contributed by atoms with Crippen LogP contribution in [0.5, 0.6) is 0 Å². The third-order valence-electron chi connectivity index (χ3n) is 3.93. The van der Waals surface area contributed by atoms with Crippen molar-refractivity contribution in [1.29, 1.82) is 0 Å². The van der Waals surface area contributed by atoms with Crippen molar-refractivity contribution in [2.75, 3.05) is 11.9 Å². The number of benzene rings is 2. The summed E-state index contributed by atoms with van der Waals surface area (Å²) in [5, 5.41) is 10.4. The molecular weight excluding hydrogens is 388 g/mol. The molecule has 0 radical (unpaired) electrons. The topological polar surface area (TPSA) is 29.9 Å². The van der Waals surface area contributed by atoms with Crippen molar-refractivity contribution in [1.82, 2.24) is 9.78 Å². The van der Waals surface area contributed by atoms with Crippen LogP contribution < -0.4 is 5.32 Å². The third-order valence-corrected chi connectivity index (χ3v) is 4.91. The molecule has 1 aromatic heterocycles. The van der Waals surface area contributed by atoms with Crippen molar-refractivity contribution in [3.63, 3.8) is 0 Å². The fraction of sp³-hybridized carbons (Fsp3) is 0.118. The second-order valence-corrected chi connectivity index (χ2v) is 7.23. The van der Waals surface area contributed by atoms with Crippen LogP contribution in [0.25, 0.3) is 16.9 Å². The molecule has 0 unspecified atom stereocenters. The number of fused-ring (bicyclic) bond motifs is 1. The zero-order valence-corrected chi connectivity index (χ0v) is 15.3. The van der Waals surface area contributed by atoms with E-state index in [1.807, 2.05) is 28.9 Å². The standard InChI is InChI=1S/C17H11Cl4N3/c18-9-1-2-13(15(21)8-9)16-14-3-4-22-17(14)24(23-16)12-6-10(19)5-11(20)7-12/h1-2,5-8,22H,3-4H2. The largest absolute Gasteiger partial charge is 0.369 e. The Kier molecular flexibility index (Phi) is 4.13. The van der Waals surface area contributed by atoms with Crippen LogP contribution in [0.4, 0.5) is 5.82 Å². The monoisotopic (exact) mass is 397 g/mol. The molecule has 0 atom stereocenters. The Morgan fingerprint density at radius 1 is 0.917 bits per heavy atom. The van der Waals surface area contributed by atoms with Gasteiger partial charge in [-0.15, -0.1) is 0 Å². The van der Waals surface area contributed by atoms with Gasteiger partial charge in [-0.2, -0.15) is 5.10 Å². The fourth-order valence-corrected chi connectivity index (χ4v) is 3.93. The highest BCUT2D eigenvalue weighted by Crippen LogP contribution is 2.38. The van der Waals surface area contributed by atoms with Crippen LogP contribution in [0.3, 0.4) is 0 Å². The lowest BCUT2D eigenvalue weighted by atomic mass is 10.1. The van der Waals surface area contributed by atoms with Gasteiger partial charge < -0.3 is 5.32 Å². The van der Waals surface area contributed by atoms with Crippen molar-refractivity contribution in [2.24, 2.45) is 0 Å². The van der Waals surface area contributed by atoms with Gasteiger partial charge >= 0.3 is 0 Å². The molecule has 7 heteroatoms. The Labute approximate surface area is 159 Å². The molecule has 0 aliphatic carbocycles. The van der Waals surface area contributed by atoms with E-state index in [0.717, 1.165) is 41.3 Å². The predicted molar refractivity (Wildman–Crippen MR) is 101 cm³/mol. The summed E-state index contributed by atoms with van der Waals surface area (Å²) in [6, 6.07) is 10.8. The molecule has 0 amide bonds. The maximum atomic E-state index is 6.38. The highest BCUT2D eigenvalue weighted by Gasteiger charge is 2.25. The molecule has 122 valence electrons. The third kappa shape index (κ3) is 2.76. The molecule has 2 heterocycles. The highest BCUT2D eigenvalue weighted by atomic mass is 35.5. The second kappa shape index (κ2) is 6.16. The van der Waals surface area contributed by atoms with Crippen LogP contribution in [-0.4, -0.2) is 16.3 Å². The SMILES string of the molecule is Clc1cc(Cl)cc(-n2nc(-c3ccc(Cl)cc3Cl)c3c2NCC3)c1. The van der Waals surface area contributed by atoms with Crippen molar-refractivity contribution >= 4 is 52.2 Å². The summed E-state index contributed by atoms with van der Waals surface area (Å²) < 4.78 is 1.82. The van der Waals surface area contributed by atoms with Gasteiger partial charge in [0.25, 0.3) is 0 Å². The van der Waals surface area contributed by atoms with Gasteiger partial charge in [-0.3, -0.25) is 0 Å². The minimum atomic E-state index is 0.561. The van der Waals surface area contributed by atoms with Gasteiger partial charge in [0, 0.05) is 32.7 Å². The van der Waals surface area contributed by atoms with Crippen LogP contribution in [0, 0.1) is 0 Å². The lowest BCUT2D eigenvalue weighted by Gasteiger charge is -2.08. The normalized spacial score (nSPS) is 13.0. The van der Waals surface area contributed by atoms with E-state index < -0.39 is 0 Å². The van der Waals surface area contributed by atoms with Gasteiger partial charge in [0.05, 0.1) is 16.4 Å². The molecule has 2 aromatic carbocycles. The van der Waals surface area contributed by atoms with Crippen LogP contribution in [0.15, 0.2) is 36.4 Å². The Morgan fingerprint density at radius 2 is 1.67 bits per heavy atom. The molecule has 3 aromatic rings. The van der Waals surface area contributed by atoms with E-state index in [4.69, 9.17) is 51.5 Å². The predicted octanol–water partition coefficient (Wildman–Crippen LogP) is 6.12. The molecule has 3 nitrogen and oxygen atoms in total. The molecule has 0 saturated heterocycles. The Balaban J connectivity index is 1.92. The summed E-state index contributed by atoms with van der Waals surface area (Å²) in [5.74, 6) is 0.939. The number of nitrogens with zero attached hydrogens (tertiary/aromatic N) is 2. The van der Waals surface area contributed by atoms with E-state index in [0.29, 0.717) is 20.1 Å². The van der Waals surface area contributed by atoms with E-state index in [1.54, 1.807) is 12.1 Å². The Bertz CT molecular complexity index is 929. The Hall–Kier alpha value is -1.39. The van der Waals surface area contributed by atoms with E-state index in [-0.39, 0.29) is 0 Å². The summed E-state index contributed by atoms with van der Waals surface area (Å²) in [7, 11) is 0. The minimum absolute atomic E-state index is 0.561. The smallest absolute Gasteiger partial charge is 0.133 e. The highest BCUT2D eigenvalue weighted by molar-refractivity contribution is 6.36. The molecule has 0 spiro atoms. The molecule has 1 aliphatic heterocycles. The number of halogens is 4. The molecule has 1 N–H and O–H groups in total. The number of nitrogens with one attached hydrogen (secondary N) is 1. The summed E-state index contributed by atoms with van der Waals surface area (Å²) in [6.45, 7) is 0.847. The summed E-state index contributed by atoms with van der Waals surface area (Å²) in [5.41, 5.74) is 3.62.